The van der Waals surface area contributed by atoms with Crippen LogP contribution in [-0.2, 0) is 6.18 Å². The lowest BCUT2D eigenvalue weighted by molar-refractivity contribution is -0.137. The fourth-order valence-corrected chi connectivity index (χ4v) is 2.57. The van der Waals surface area contributed by atoms with Crippen LogP contribution in [0.4, 0.5) is 23.7 Å². The predicted octanol–water partition coefficient (Wildman–Crippen LogP) is 3.45. The number of hydrogen-bond acceptors (Lipinski definition) is 4. The Morgan fingerprint density at radius 1 is 1.17 bits per heavy atom. The minimum atomic E-state index is -4.57. The molecule has 158 valence electrons. The summed E-state index contributed by atoms with van der Waals surface area (Å²) in [5.41, 5.74) is -0.734. The third-order valence-electron chi connectivity index (χ3n) is 4.01. The van der Waals surface area contributed by atoms with Gasteiger partial charge in [-0.05, 0) is 36.4 Å². The van der Waals surface area contributed by atoms with Gasteiger partial charge in [-0.25, -0.2) is 9.48 Å². The van der Waals surface area contributed by atoms with Crippen LogP contribution in [0.1, 0.15) is 5.56 Å². The summed E-state index contributed by atoms with van der Waals surface area (Å²) in [5.74, 6) is 0.564. The Balaban J connectivity index is 1.62. The third kappa shape index (κ3) is 5.74. The number of ether oxygens (including phenoxy) is 1. The summed E-state index contributed by atoms with van der Waals surface area (Å²) in [7, 11) is 0. The molecule has 10 heteroatoms. The van der Waals surface area contributed by atoms with Crippen LogP contribution in [-0.4, -0.2) is 40.2 Å². The van der Waals surface area contributed by atoms with E-state index in [0.29, 0.717) is 5.75 Å². The Bertz CT molecular complexity index is 963. The summed E-state index contributed by atoms with van der Waals surface area (Å²) in [5, 5.41) is 18.7. The first-order valence-electron chi connectivity index (χ1n) is 8.95. The molecule has 2 aromatic carbocycles. The van der Waals surface area contributed by atoms with Crippen LogP contribution in [0.5, 0.6) is 5.75 Å². The highest BCUT2D eigenvalue weighted by molar-refractivity contribution is 5.91. The maximum Gasteiger partial charge on any atom is 0.416 e. The Morgan fingerprint density at radius 2 is 1.93 bits per heavy atom. The molecule has 1 aromatic heterocycles. The number of amides is 2. The average Bonchev–Trinajstić information content (AvgIpc) is 3.25. The van der Waals surface area contributed by atoms with Gasteiger partial charge in [0, 0.05) is 18.9 Å². The molecular weight excluding hydrogens is 401 g/mol. The maximum atomic E-state index is 13.1. The number of hydrogen-bond donors (Lipinski definition) is 3. The number of anilines is 1. The van der Waals surface area contributed by atoms with Crippen LogP contribution in [0.15, 0.2) is 67.0 Å². The number of halogens is 3. The number of carbonyl (C=O) groups is 1. The largest absolute Gasteiger partial charge is 0.491 e. The zero-order valence-electron chi connectivity index (χ0n) is 15.6. The molecule has 3 rings (SSSR count). The number of carbonyl (C=O) groups excluding carboxylic acids is 1. The molecule has 3 aromatic rings. The predicted molar refractivity (Wildman–Crippen MR) is 104 cm³/mol. The number of rotatable bonds is 7. The second kappa shape index (κ2) is 9.31. The average molecular weight is 420 g/mol. The van der Waals surface area contributed by atoms with Crippen molar-refractivity contribution in [3.8, 4) is 11.4 Å². The van der Waals surface area contributed by atoms with Gasteiger partial charge < -0.3 is 20.5 Å². The highest BCUT2D eigenvalue weighted by Gasteiger charge is 2.31. The van der Waals surface area contributed by atoms with Gasteiger partial charge in [-0.1, -0.05) is 18.2 Å². The van der Waals surface area contributed by atoms with Crippen molar-refractivity contribution in [2.75, 3.05) is 18.5 Å². The number of benzene rings is 2. The number of alkyl halides is 3. The minimum absolute atomic E-state index is 0.0631. The van der Waals surface area contributed by atoms with Crippen molar-refractivity contribution in [1.29, 1.82) is 0 Å². The van der Waals surface area contributed by atoms with Crippen LogP contribution in [0.3, 0.4) is 0 Å². The molecule has 0 fully saturated rings. The lowest BCUT2D eigenvalue weighted by Crippen LogP contribution is -2.37. The van der Waals surface area contributed by atoms with E-state index >= 15 is 0 Å². The minimum Gasteiger partial charge on any atom is -0.491 e. The lowest BCUT2D eigenvalue weighted by Gasteiger charge is -2.16. The van der Waals surface area contributed by atoms with Gasteiger partial charge in [0.25, 0.3) is 0 Å². The molecule has 0 unspecified atom stereocenters. The molecule has 0 aliphatic carbocycles. The van der Waals surface area contributed by atoms with E-state index < -0.39 is 23.9 Å². The van der Waals surface area contributed by atoms with Crippen LogP contribution in [0.25, 0.3) is 5.69 Å². The van der Waals surface area contributed by atoms with Crippen molar-refractivity contribution in [1.82, 2.24) is 15.1 Å². The van der Waals surface area contributed by atoms with E-state index in [1.807, 2.05) is 6.07 Å². The monoisotopic (exact) mass is 420 g/mol. The zero-order chi connectivity index (χ0) is 21.6. The van der Waals surface area contributed by atoms with Crippen molar-refractivity contribution < 1.29 is 27.8 Å². The topological polar surface area (TPSA) is 88.4 Å². The number of nitrogens with one attached hydrogen (secondary N) is 2. The molecule has 0 aliphatic heterocycles. The smallest absolute Gasteiger partial charge is 0.416 e. The molecule has 0 bridgehead atoms. The van der Waals surface area contributed by atoms with E-state index in [0.717, 1.165) is 12.1 Å². The highest BCUT2D eigenvalue weighted by atomic mass is 19.4. The Hall–Kier alpha value is -3.53. The van der Waals surface area contributed by atoms with Gasteiger partial charge in [0.15, 0.2) is 0 Å². The summed E-state index contributed by atoms with van der Waals surface area (Å²) < 4.78 is 45.9. The van der Waals surface area contributed by atoms with E-state index in [4.69, 9.17) is 4.74 Å². The molecule has 0 aliphatic rings. The van der Waals surface area contributed by atoms with E-state index in [9.17, 15) is 23.1 Å². The Morgan fingerprint density at radius 3 is 2.60 bits per heavy atom. The van der Waals surface area contributed by atoms with E-state index in [2.05, 4.69) is 15.7 Å². The zero-order valence-corrected chi connectivity index (χ0v) is 15.6. The lowest BCUT2D eigenvalue weighted by atomic mass is 10.1. The van der Waals surface area contributed by atoms with Gasteiger partial charge >= 0.3 is 12.2 Å². The summed E-state index contributed by atoms with van der Waals surface area (Å²) in [6.07, 6.45) is -2.58. The molecule has 1 atom stereocenters. The first-order chi connectivity index (χ1) is 14.3. The van der Waals surface area contributed by atoms with Crippen molar-refractivity contribution in [3.63, 3.8) is 0 Å². The Labute approximate surface area is 170 Å². The number of nitrogens with zero attached hydrogens (tertiary/aromatic N) is 2. The fraction of sp³-hybridized carbons (Fsp3) is 0.200. The van der Waals surface area contributed by atoms with Crippen molar-refractivity contribution in [2.45, 2.75) is 12.3 Å². The second-order valence-corrected chi connectivity index (χ2v) is 6.29. The number of urea groups is 1. The van der Waals surface area contributed by atoms with Gasteiger partial charge in [0.2, 0.25) is 0 Å². The molecule has 0 radical (unpaired) electrons. The normalized spacial score (nSPS) is 12.3. The molecule has 0 spiro atoms. The molecule has 7 nitrogen and oxygen atoms in total. The van der Waals surface area contributed by atoms with E-state index in [1.54, 1.807) is 30.3 Å². The van der Waals surface area contributed by atoms with Gasteiger partial charge in [-0.2, -0.15) is 18.3 Å². The molecule has 3 N–H and O–H groups in total. The quantitative estimate of drug-likeness (QED) is 0.546. The molecule has 30 heavy (non-hydrogen) atoms. The van der Waals surface area contributed by atoms with Gasteiger partial charge in [-0.3, -0.25) is 0 Å². The first kappa shape index (κ1) is 21.2. The molecule has 0 saturated carbocycles. The molecule has 0 saturated heterocycles. The van der Waals surface area contributed by atoms with Crippen LogP contribution >= 0.6 is 0 Å². The van der Waals surface area contributed by atoms with E-state index in [1.165, 1.54) is 23.1 Å². The SMILES string of the molecule is O=C(NC[C@@H](O)COc1ccccc1)Nc1cc(C(F)(F)F)ccc1-n1cccn1. The maximum absolute atomic E-state index is 13.1. The first-order valence-corrected chi connectivity index (χ1v) is 8.95. The number of para-hydroxylation sites is 1. The van der Waals surface area contributed by atoms with Gasteiger partial charge in [-0.15, -0.1) is 0 Å². The molecular formula is C20H19F3N4O3. The van der Waals surface area contributed by atoms with Crippen LogP contribution in [0, 0.1) is 0 Å². The van der Waals surface area contributed by atoms with E-state index in [-0.39, 0.29) is 24.5 Å². The van der Waals surface area contributed by atoms with Crippen molar-refractivity contribution >= 4 is 11.7 Å². The molecule has 1 heterocycles. The molecule has 2 amide bonds. The summed E-state index contributed by atoms with van der Waals surface area (Å²) >= 11 is 0. The van der Waals surface area contributed by atoms with Gasteiger partial charge in [0.1, 0.15) is 18.5 Å². The highest BCUT2D eigenvalue weighted by Crippen LogP contribution is 2.33. The number of aliphatic hydroxyl groups excluding tert-OH is 1. The number of aromatic nitrogens is 2. The summed E-state index contributed by atoms with van der Waals surface area (Å²) in [6, 6.07) is 12.6. The summed E-state index contributed by atoms with van der Waals surface area (Å²) in [4.78, 5) is 12.2. The Kier molecular flexibility index (Phi) is 6.58. The number of aliphatic hydroxyl groups is 1. The third-order valence-corrected chi connectivity index (χ3v) is 4.01. The fourth-order valence-electron chi connectivity index (χ4n) is 2.57. The van der Waals surface area contributed by atoms with Crippen LogP contribution < -0.4 is 15.4 Å². The van der Waals surface area contributed by atoms with Crippen molar-refractivity contribution in [2.24, 2.45) is 0 Å². The van der Waals surface area contributed by atoms with Crippen LogP contribution in [0.2, 0.25) is 0 Å². The summed E-state index contributed by atoms with van der Waals surface area (Å²) in [6.45, 7) is -0.221. The van der Waals surface area contributed by atoms with Gasteiger partial charge in [0.05, 0.1) is 16.9 Å². The second-order valence-electron chi connectivity index (χ2n) is 6.29. The standard InChI is InChI=1S/C20H19F3N4O3/c21-20(22,23)14-7-8-18(27-10-4-9-25-27)17(11-14)26-19(29)24-12-15(28)13-30-16-5-2-1-3-6-16/h1-11,15,28H,12-13H2,(H2,24,26,29)/t15-/m1/s1. The van der Waals surface area contributed by atoms with Crippen molar-refractivity contribution in [3.05, 3.63) is 72.6 Å².